The Labute approximate surface area is 338 Å². The number of nitrogens with zero attached hydrogens (tertiary/aromatic N) is 3. The molecule has 2 heterocycles. The van der Waals surface area contributed by atoms with Gasteiger partial charge in [-0.3, -0.25) is 0 Å². The summed E-state index contributed by atoms with van der Waals surface area (Å²) >= 11 is 1.34. The second-order valence-electron chi connectivity index (χ2n) is 12.9. The molecule has 0 saturated heterocycles. The number of aromatic nitrogens is 3. The number of benzene rings is 8. The largest absolute Gasteiger partial charge is 0.208 e. The van der Waals surface area contributed by atoms with Crippen molar-refractivity contribution in [3.05, 3.63) is 200 Å². The molecule has 4 heteroatoms. The van der Waals surface area contributed by atoms with Crippen LogP contribution >= 0.6 is 11.3 Å². The van der Waals surface area contributed by atoms with E-state index in [1.165, 1.54) is 11.3 Å². The Hall–Kier alpha value is -7.01. The number of hydrogen-bond acceptors (Lipinski definition) is 4. The third kappa shape index (κ3) is 6.39. The second kappa shape index (κ2) is 14.1. The Morgan fingerprint density at radius 2 is 0.836 bits per heavy atom. The number of rotatable bonds is 7. The van der Waals surface area contributed by atoms with Crippen LogP contribution in [0.4, 0.5) is 0 Å². The monoisotopic (exact) mass is 729 g/mol. The molecule has 0 aliphatic rings. The zero-order chi connectivity index (χ0) is 45.3. The Morgan fingerprint density at radius 3 is 1.44 bits per heavy atom. The molecule has 0 saturated carbocycles. The summed E-state index contributed by atoms with van der Waals surface area (Å²) in [5.74, 6) is 1.34. The van der Waals surface area contributed by atoms with Gasteiger partial charge >= 0.3 is 0 Å². The van der Waals surface area contributed by atoms with E-state index >= 15 is 0 Å². The quantitative estimate of drug-likeness (QED) is 0.164. The first-order chi connectivity index (χ1) is 31.4. The van der Waals surface area contributed by atoms with Gasteiger partial charge in [-0.1, -0.05) is 164 Å². The normalized spacial score (nSPS) is 13.8. The van der Waals surface area contributed by atoms with Crippen LogP contribution in [0.1, 0.15) is 13.7 Å². The van der Waals surface area contributed by atoms with Gasteiger partial charge in [0.05, 0.1) is 13.7 Å². The molecular weight excluding hydrogens is 687 g/mol. The van der Waals surface area contributed by atoms with Gasteiger partial charge in [0.2, 0.25) is 0 Å². The molecule has 0 fully saturated rings. The summed E-state index contributed by atoms with van der Waals surface area (Å²) in [7, 11) is 0. The second-order valence-corrected chi connectivity index (χ2v) is 14.0. The number of hydrogen-bond donors (Lipinski definition) is 0. The van der Waals surface area contributed by atoms with Crippen LogP contribution < -0.4 is 0 Å². The Kier molecular flexibility index (Phi) is 6.05. The molecule has 0 unspecified atom stereocenters. The maximum atomic E-state index is 8.94. The molecule has 0 atom stereocenters. The van der Waals surface area contributed by atoms with Crippen molar-refractivity contribution < 1.29 is 13.7 Å². The van der Waals surface area contributed by atoms with Gasteiger partial charge in [-0.25, -0.2) is 15.0 Å². The van der Waals surface area contributed by atoms with E-state index in [4.69, 9.17) is 28.7 Å². The SMILES string of the molecule is [2H]c1c([2H])c([2H])c(-c2cc(-c3c([2H])c([2H])c([2H])c([2H])c3[2H])c3sc4cc(-c5nc(-c6ccccc6)nc(-c6cc(-c7ccccc7)cc(-c7ccccc7)c6)n5)ccc4c3c2)c([2H])c1[2H]. The number of fused-ring (bicyclic) bond motifs is 3. The minimum absolute atomic E-state index is 0.0655. The van der Waals surface area contributed by atoms with Crippen LogP contribution in [-0.4, -0.2) is 15.0 Å². The highest BCUT2D eigenvalue weighted by Gasteiger charge is 2.18. The summed E-state index contributed by atoms with van der Waals surface area (Å²) in [5.41, 5.74) is 6.70. The fraction of sp³-hybridized carbons (Fsp3) is 0. The summed E-state index contributed by atoms with van der Waals surface area (Å²) in [6.45, 7) is 0. The summed E-state index contributed by atoms with van der Waals surface area (Å²) in [4.78, 5) is 15.2. The summed E-state index contributed by atoms with van der Waals surface area (Å²) in [6.07, 6.45) is 0. The van der Waals surface area contributed by atoms with Crippen LogP contribution in [-0.2, 0) is 0 Å². The van der Waals surface area contributed by atoms with Crippen LogP contribution in [0.3, 0.4) is 0 Å². The predicted octanol–water partition coefficient (Wildman–Crippen LogP) is 13.9. The van der Waals surface area contributed by atoms with Gasteiger partial charge in [-0.05, 0) is 75.3 Å². The van der Waals surface area contributed by atoms with E-state index in [-0.39, 0.29) is 22.3 Å². The van der Waals surface area contributed by atoms with E-state index in [1.807, 2.05) is 84.9 Å². The van der Waals surface area contributed by atoms with Gasteiger partial charge in [0.15, 0.2) is 17.5 Å². The van der Waals surface area contributed by atoms with Crippen LogP contribution in [0.15, 0.2) is 200 Å². The lowest BCUT2D eigenvalue weighted by atomic mass is 9.95. The molecule has 0 bridgehead atoms. The van der Waals surface area contributed by atoms with E-state index in [9.17, 15) is 0 Å². The highest BCUT2D eigenvalue weighted by Crippen LogP contribution is 2.44. The molecular formula is C51H33N3S. The molecule has 0 amide bonds. The third-order valence-electron chi connectivity index (χ3n) is 9.46. The summed E-state index contributed by atoms with van der Waals surface area (Å²) in [6, 6.07) is 40.4. The zero-order valence-electron chi connectivity index (χ0n) is 39.0. The van der Waals surface area contributed by atoms with E-state index < -0.39 is 60.4 Å². The molecule has 0 N–H and O–H groups in total. The molecule has 0 aliphatic carbocycles. The van der Waals surface area contributed by atoms with Crippen molar-refractivity contribution >= 4 is 31.5 Å². The van der Waals surface area contributed by atoms with Gasteiger partial charge in [0.1, 0.15) is 0 Å². The molecule has 10 rings (SSSR count). The third-order valence-corrected chi connectivity index (χ3v) is 10.7. The molecule has 0 spiro atoms. The van der Waals surface area contributed by atoms with Crippen LogP contribution in [0.2, 0.25) is 0 Å². The maximum Gasteiger partial charge on any atom is 0.164 e. The topological polar surface area (TPSA) is 38.7 Å². The molecule has 10 aromatic rings. The fourth-order valence-corrected chi connectivity index (χ4v) is 8.07. The van der Waals surface area contributed by atoms with E-state index in [2.05, 4.69) is 42.5 Å². The van der Waals surface area contributed by atoms with E-state index in [0.29, 0.717) is 33.1 Å². The van der Waals surface area contributed by atoms with Crippen molar-refractivity contribution in [1.29, 1.82) is 0 Å². The van der Waals surface area contributed by atoms with Gasteiger partial charge < -0.3 is 0 Å². The molecule has 3 nitrogen and oxygen atoms in total. The molecule has 8 aromatic carbocycles. The van der Waals surface area contributed by atoms with Crippen molar-refractivity contribution in [2.45, 2.75) is 0 Å². The zero-order valence-corrected chi connectivity index (χ0v) is 29.8. The van der Waals surface area contributed by atoms with Gasteiger partial charge in [0, 0.05) is 42.4 Å². The van der Waals surface area contributed by atoms with E-state index in [1.54, 1.807) is 12.1 Å². The van der Waals surface area contributed by atoms with E-state index in [0.717, 1.165) is 43.5 Å². The Bertz CT molecular complexity index is 3430. The minimum Gasteiger partial charge on any atom is -0.208 e. The van der Waals surface area contributed by atoms with Gasteiger partial charge in [-0.15, -0.1) is 11.3 Å². The van der Waals surface area contributed by atoms with Crippen molar-refractivity contribution in [2.24, 2.45) is 0 Å². The lowest BCUT2D eigenvalue weighted by Gasteiger charge is -2.12. The maximum absolute atomic E-state index is 8.94. The van der Waals surface area contributed by atoms with Gasteiger partial charge in [0.25, 0.3) is 0 Å². The van der Waals surface area contributed by atoms with Gasteiger partial charge in [-0.2, -0.15) is 0 Å². The Balaban J connectivity index is 1.21. The minimum atomic E-state index is -0.544. The van der Waals surface area contributed by atoms with Crippen LogP contribution in [0.5, 0.6) is 0 Å². The average molecular weight is 730 g/mol. The van der Waals surface area contributed by atoms with Crippen molar-refractivity contribution in [1.82, 2.24) is 15.0 Å². The van der Waals surface area contributed by atoms with Crippen molar-refractivity contribution in [3.8, 4) is 78.7 Å². The highest BCUT2D eigenvalue weighted by molar-refractivity contribution is 7.26. The highest BCUT2D eigenvalue weighted by atomic mass is 32.1. The first kappa shape index (κ1) is 23.6. The van der Waals surface area contributed by atoms with Crippen LogP contribution in [0.25, 0.3) is 98.8 Å². The van der Waals surface area contributed by atoms with Crippen molar-refractivity contribution in [2.75, 3.05) is 0 Å². The summed E-state index contributed by atoms with van der Waals surface area (Å²) < 4.78 is 87.1. The molecule has 258 valence electrons. The molecule has 0 radical (unpaired) electrons. The first-order valence-corrected chi connectivity index (χ1v) is 18.4. The summed E-state index contributed by atoms with van der Waals surface area (Å²) in [5, 5.41) is 1.34. The average Bonchev–Trinajstić information content (AvgIpc) is 3.72. The lowest BCUT2D eigenvalue weighted by Crippen LogP contribution is -2.00. The van der Waals surface area contributed by atoms with Crippen molar-refractivity contribution in [3.63, 3.8) is 0 Å². The predicted molar refractivity (Wildman–Crippen MR) is 231 cm³/mol. The fourth-order valence-electron chi connectivity index (χ4n) is 6.83. The number of thiophene rings is 1. The smallest absolute Gasteiger partial charge is 0.164 e. The first-order valence-electron chi connectivity index (χ1n) is 22.6. The Morgan fingerprint density at radius 1 is 0.345 bits per heavy atom. The van der Waals surface area contributed by atoms with Crippen LogP contribution in [0, 0.1) is 0 Å². The molecule has 55 heavy (non-hydrogen) atoms. The molecule has 0 aliphatic heterocycles. The standard InChI is InChI=1S/C51H33N3S/c1-6-16-34(17-7-1)40-28-41(35-18-8-2-9-19-35)30-43(29-40)51-53-49(38-24-14-5-15-25-38)52-50(54-51)39-26-27-44-46-32-42(36-20-10-3-11-21-36)31-45(37-22-12-4-13-23-37)48(46)55-47(44)33-39/h1-33H/i3D,4D,10D,11D,12D,13D,20D,21D,22D,23D. The molecule has 2 aromatic heterocycles. The lowest BCUT2D eigenvalue weighted by molar-refractivity contribution is 1.07.